The Balaban J connectivity index is 1.68. The Morgan fingerprint density at radius 1 is 1.39 bits per heavy atom. The molecule has 0 aliphatic carbocycles. The van der Waals surface area contributed by atoms with E-state index < -0.39 is 5.97 Å². The molecule has 0 bridgehead atoms. The Kier molecular flexibility index (Phi) is 5.01. The highest BCUT2D eigenvalue weighted by Crippen LogP contribution is 2.17. The van der Waals surface area contributed by atoms with Crippen LogP contribution in [0.2, 0.25) is 0 Å². The van der Waals surface area contributed by atoms with Crippen molar-refractivity contribution in [2.75, 3.05) is 25.4 Å². The Morgan fingerprint density at radius 3 is 2.78 bits per heavy atom. The normalized spacial score (nSPS) is 16.0. The average Bonchev–Trinajstić information content (AvgIpc) is 2.88. The molecule has 0 spiro atoms. The lowest BCUT2D eigenvalue weighted by molar-refractivity contribution is 0.0696. The Morgan fingerprint density at radius 2 is 2.17 bits per heavy atom. The molecular weight excluding hydrogens is 248 g/mol. The zero-order valence-corrected chi connectivity index (χ0v) is 11.2. The molecule has 0 unspecified atom stereocenters. The van der Waals surface area contributed by atoms with Gasteiger partial charge in [0, 0.05) is 11.9 Å². The lowest BCUT2D eigenvalue weighted by atomic mass is 10.3. The van der Waals surface area contributed by atoms with Gasteiger partial charge in [-0.1, -0.05) is 0 Å². The fraction of sp³-hybridized carbons (Fsp3) is 0.538. The van der Waals surface area contributed by atoms with E-state index in [0.717, 1.165) is 17.2 Å². The second-order valence-electron chi connectivity index (χ2n) is 4.44. The number of hydrogen-bond acceptors (Lipinski definition) is 4. The summed E-state index contributed by atoms with van der Waals surface area (Å²) in [6, 6.07) is 3.39. The lowest BCUT2D eigenvalue weighted by Gasteiger charge is -2.13. The molecule has 0 atom stereocenters. The fourth-order valence-corrected chi connectivity index (χ4v) is 2.84. The van der Waals surface area contributed by atoms with Gasteiger partial charge in [0.15, 0.2) is 0 Å². The Hall–Kier alpha value is -1.07. The largest absolute Gasteiger partial charge is 0.478 e. The average molecular weight is 266 g/mol. The summed E-state index contributed by atoms with van der Waals surface area (Å²) in [7, 11) is 0. The smallest absolute Gasteiger partial charge is 0.337 e. The summed E-state index contributed by atoms with van der Waals surface area (Å²) in [6.07, 6.45) is 5.26. The number of rotatable bonds is 6. The maximum absolute atomic E-state index is 10.7. The van der Waals surface area contributed by atoms with Gasteiger partial charge in [-0.15, -0.1) is 11.8 Å². The van der Waals surface area contributed by atoms with Crippen molar-refractivity contribution in [1.29, 1.82) is 0 Å². The molecule has 1 aromatic rings. The van der Waals surface area contributed by atoms with Crippen LogP contribution in [0.4, 0.5) is 0 Å². The molecule has 1 fully saturated rings. The molecule has 4 nitrogen and oxygen atoms in total. The molecule has 1 aromatic heterocycles. The van der Waals surface area contributed by atoms with Crippen LogP contribution in [0.15, 0.2) is 23.4 Å². The minimum absolute atomic E-state index is 0.247. The summed E-state index contributed by atoms with van der Waals surface area (Å²) in [6.45, 7) is 3.66. The van der Waals surface area contributed by atoms with Gasteiger partial charge < -0.3 is 10.0 Å². The first kappa shape index (κ1) is 13.4. The monoisotopic (exact) mass is 266 g/mol. The third kappa shape index (κ3) is 3.99. The van der Waals surface area contributed by atoms with E-state index in [2.05, 4.69) is 9.88 Å². The summed E-state index contributed by atoms with van der Waals surface area (Å²) < 4.78 is 0. The number of pyridine rings is 1. The van der Waals surface area contributed by atoms with Crippen LogP contribution in [0, 0.1) is 0 Å². The van der Waals surface area contributed by atoms with E-state index in [0.29, 0.717) is 0 Å². The van der Waals surface area contributed by atoms with E-state index in [1.165, 1.54) is 38.7 Å². The number of hydrogen-bond donors (Lipinski definition) is 1. The van der Waals surface area contributed by atoms with Crippen LogP contribution in [-0.4, -0.2) is 46.3 Å². The van der Waals surface area contributed by atoms with Crippen molar-refractivity contribution in [2.45, 2.75) is 24.3 Å². The third-order valence-electron chi connectivity index (χ3n) is 3.05. The van der Waals surface area contributed by atoms with E-state index in [1.54, 1.807) is 23.9 Å². The molecule has 0 saturated carbocycles. The number of carboxylic acids is 1. The first-order chi connectivity index (χ1) is 8.75. The van der Waals surface area contributed by atoms with Crippen molar-refractivity contribution in [3.05, 3.63) is 23.9 Å². The second-order valence-corrected chi connectivity index (χ2v) is 5.56. The number of aromatic nitrogens is 1. The van der Waals surface area contributed by atoms with Gasteiger partial charge in [-0.05, 0) is 51.0 Å². The molecule has 5 heteroatoms. The number of likely N-dealkylation sites (tertiary alicyclic amines) is 1. The van der Waals surface area contributed by atoms with Crippen LogP contribution in [0.3, 0.4) is 0 Å². The number of carbonyl (C=O) groups is 1. The number of nitrogens with zero attached hydrogens (tertiary/aromatic N) is 2. The van der Waals surface area contributed by atoms with Crippen molar-refractivity contribution in [3.8, 4) is 0 Å². The van der Waals surface area contributed by atoms with E-state index in [9.17, 15) is 4.79 Å². The van der Waals surface area contributed by atoms with E-state index in [1.807, 2.05) is 0 Å². The van der Waals surface area contributed by atoms with Gasteiger partial charge in [0.05, 0.1) is 10.6 Å². The molecule has 0 amide bonds. The highest BCUT2D eigenvalue weighted by molar-refractivity contribution is 7.99. The number of thioether (sulfide) groups is 1. The molecule has 1 aliphatic heterocycles. The summed E-state index contributed by atoms with van der Waals surface area (Å²) in [5, 5.41) is 9.66. The fourth-order valence-electron chi connectivity index (χ4n) is 2.06. The van der Waals surface area contributed by atoms with Crippen molar-refractivity contribution in [2.24, 2.45) is 0 Å². The highest BCUT2D eigenvalue weighted by atomic mass is 32.2. The van der Waals surface area contributed by atoms with Gasteiger partial charge in [0.1, 0.15) is 0 Å². The topological polar surface area (TPSA) is 53.4 Å². The van der Waals surface area contributed by atoms with E-state index in [4.69, 9.17) is 5.11 Å². The molecule has 2 rings (SSSR count). The van der Waals surface area contributed by atoms with Crippen LogP contribution in [0.25, 0.3) is 0 Å². The van der Waals surface area contributed by atoms with Crippen molar-refractivity contribution < 1.29 is 9.90 Å². The predicted molar refractivity (Wildman–Crippen MR) is 72.2 cm³/mol. The zero-order valence-electron chi connectivity index (χ0n) is 10.3. The van der Waals surface area contributed by atoms with Crippen LogP contribution in [-0.2, 0) is 0 Å². The third-order valence-corrected chi connectivity index (χ3v) is 4.08. The minimum atomic E-state index is -0.923. The number of carboxylic acid groups (broad SMARTS) is 1. The molecule has 2 heterocycles. The molecule has 18 heavy (non-hydrogen) atoms. The van der Waals surface area contributed by atoms with Crippen LogP contribution in [0.5, 0.6) is 0 Å². The van der Waals surface area contributed by atoms with Crippen LogP contribution < -0.4 is 0 Å². The van der Waals surface area contributed by atoms with Crippen LogP contribution >= 0.6 is 11.8 Å². The van der Waals surface area contributed by atoms with Gasteiger partial charge >= 0.3 is 5.97 Å². The van der Waals surface area contributed by atoms with Gasteiger partial charge in [-0.3, -0.25) is 0 Å². The first-order valence-electron chi connectivity index (χ1n) is 6.30. The van der Waals surface area contributed by atoms with E-state index >= 15 is 0 Å². The molecule has 0 radical (unpaired) electrons. The minimum Gasteiger partial charge on any atom is -0.478 e. The predicted octanol–water partition coefficient (Wildman–Crippen LogP) is 2.36. The molecule has 0 aromatic carbocycles. The van der Waals surface area contributed by atoms with Crippen molar-refractivity contribution in [3.63, 3.8) is 0 Å². The molecule has 98 valence electrons. The Bertz CT molecular complexity index is 388. The van der Waals surface area contributed by atoms with Gasteiger partial charge in [0.25, 0.3) is 0 Å². The zero-order chi connectivity index (χ0) is 12.8. The summed E-state index contributed by atoms with van der Waals surface area (Å²) in [4.78, 5) is 17.3. The highest BCUT2D eigenvalue weighted by Gasteiger charge is 2.10. The van der Waals surface area contributed by atoms with E-state index in [-0.39, 0.29) is 5.56 Å². The molecular formula is C13H18N2O2S. The van der Waals surface area contributed by atoms with Gasteiger partial charge in [-0.25, -0.2) is 9.78 Å². The first-order valence-corrected chi connectivity index (χ1v) is 7.29. The molecule has 1 aliphatic rings. The maximum atomic E-state index is 10.7. The quantitative estimate of drug-likeness (QED) is 0.633. The summed E-state index contributed by atoms with van der Waals surface area (Å²) >= 11 is 1.69. The Labute approximate surface area is 111 Å². The lowest BCUT2D eigenvalue weighted by Crippen LogP contribution is -2.20. The van der Waals surface area contributed by atoms with Crippen molar-refractivity contribution >= 4 is 17.7 Å². The van der Waals surface area contributed by atoms with Gasteiger partial charge in [-0.2, -0.15) is 0 Å². The van der Waals surface area contributed by atoms with Crippen molar-refractivity contribution in [1.82, 2.24) is 9.88 Å². The van der Waals surface area contributed by atoms with Gasteiger partial charge in [0.2, 0.25) is 0 Å². The second kappa shape index (κ2) is 6.75. The standard InChI is InChI=1S/C13H18N2O2S/c16-13(17)11-4-5-12(14-10-11)18-9-3-8-15-6-1-2-7-15/h4-5,10H,1-3,6-9H2,(H,16,17). The molecule has 1 N–H and O–H groups in total. The summed E-state index contributed by atoms with van der Waals surface area (Å²) in [5.74, 6) is 0.115. The van der Waals surface area contributed by atoms with Crippen LogP contribution in [0.1, 0.15) is 29.6 Å². The molecule has 1 saturated heterocycles. The maximum Gasteiger partial charge on any atom is 0.337 e. The number of aromatic carboxylic acids is 1. The SMILES string of the molecule is O=C(O)c1ccc(SCCCN2CCCC2)nc1. The summed E-state index contributed by atoms with van der Waals surface area (Å²) in [5.41, 5.74) is 0.247.